The first kappa shape index (κ1) is 24.5. The minimum atomic E-state index is -2.71. The average molecular weight is 486 g/mol. The summed E-state index contributed by atoms with van der Waals surface area (Å²) >= 11 is 0. The van der Waals surface area contributed by atoms with Gasteiger partial charge in [-0.05, 0) is 57.5 Å². The Kier molecular flexibility index (Phi) is 6.18. The molecule has 0 saturated carbocycles. The maximum Gasteiger partial charge on any atom is 0.137 e. The highest BCUT2D eigenvalue weighted by Crippen LogP contribution is 2.35. The van der Waals surface area contributed by atoms with Gasteiger partial charge in [-0.2, -0.15) is 0 Å². The van der Waals surface area contributed by atoms with Crippen molar-refractivity contribution in [2.45, 2.75) is 43.6 Å². The van der Waals surface area contributed by atoms with Crippen LogP contribution in [0.25, 0.3) is 10.9 Å². The van der Waals surface area contributed by atoms with Crippen molar-refractivity contribution in [1.29, 1.82) is 0 Å². The van der Waals surface area contributed by atoms with Crippen LogP contribution in [0.1, 0.15) is 37.6 Å². The van der Waals surface area contributed by atoms with E-state index in [1.54, 1.807) is 36.9 Å². The largest absolute Gasteiger partial charge is 0.495 e. The molecule has 1 saturated heterocycles. The van der Waals surface area contributed by atoms with Crippen molar-refractivity contribution in [3.8, 4) is 5.75 Å². The smallest absolute Gasteiger partial charge is 0.137 e. The van der Waals surface area contributed by atoms with Crippen molar-refractivity contribution in [2.75, 3.05) is 20.7 Å². The molecule has 2 unspecified atom stereocenters. The number of nitrogens with two attached hydrogens (primary N) is 1. The molecule has 1 fully saturated rings. The van der Waals surface area contributed by atoms with Crippen LogP contribution in [0.4, 0.5) is 4.39 Å². The van der Waals surface area contributed by atoms with E-state index in [0.29, 0.717) is 17.7 Å². The summed E-state index contributed by atoms with van der Waals surface area (Å²) < 4.78 is 34.8. The number of pyridine rings is 2. The highest BCUT2D eigenvalue weighted by atomic mass is 32.2. The fraction of sp³-hybridized carbons (Fsp3) is 0.400. The maximum absolute atomic E-state index is 15.2. The Hall–Kier alpha value is -2.59. The van der Waals surface area contributed by atoms with E-state index < -0.39 is 26.2 Å². The first-order chi connectivity index (χ1) is 15.9. The third-order valence-electron chi connectivity index (χ3n) is 6.97. The van der Waals surface area contributed by atoms with Gasteiger partial charge < -0.3 is 10.5 Å². The van der Waals surface area contributed by atoms with E-state index in [1.807, 2.05) is 39.0 Å². The van der Waals surface area contributed by atoms with Gasteiger partial charge in [-0.3, -0.25) is 19.5 Å². The van der Waals surface area contributed by atoms with Gasteiger partial charge in [0, 0.05) is 39.8 Å². The summed E-state index contributed by atoms with van der Waals surface area (Å²) in [7, 11) is 0.637. The van der Waals surface area contributed by atoms with Gasteiger partial charge in [0.25, 0.3) is 0 Å². The van der Waals surface area contributed by atoms with Crippen LogP contribution in [0.15, 0.2) is 42.7 Å². The van der Waals surface area contributed by atoms with Crippen molar-refractivity contribution in [1.82, 2.24) is 19.6 Å². The van der Waals surface area contributed by atoms with Crippen LogP contribution in [-0.2, 0) is 21.7 Å². The van der Waals surface area contributed by atoms with Gasteiger partial charge in [0.1, 0.15) is 11.6 Å². The van der Waals surface area contributed by atoms with E-state index in [0.717, 1.165) is 22.2 Å². The standard InChI is InChI=1S/C25H32FN5O2S/c1-24(2)23(27)30-25(3,15-31(4)34(24,6)32)19-11-16(7-8-20(19)26)12-21-22-17(9-10-28-21)13-18(33-5)14-29-22/h7-11,13-14,23,30H,6,12,15,27H2,1-5H3/t23?,25-,34?/m0/s1. The Balaban J connectivity index is 1.74. The molecule has 2 aromatic heterocycles. The van der Waals surface area contributed by atoms with Gasteiger partial charge in [0.15, 0.2) is 0 Å². The average Bonchev–Trinajstić information content (AvgIpc) is 2.83. The molecule has 0 bridgehead atoms. The molecular formula is C25H32FN5O2S. The lowest BCUT2D eigenvalue weighted by Gasteiger charge is -2.36. The summed E-state index contributed by atoms with van der Waals surface area (Å²) in [5, 5.41) is 4.28. The highest BCUT2D eigenvalue weighted by Gasteiger charge is 2.47. The van der Waals surface area contributed by atoms with E-state index >= 15 is 4.39 Å². The lowest BCUT2D eigenvalue weighted by Crippen LogP contribution is -2.60. The van der Waals surface area contributed by atoms with Crippen LogP contribution < -0.4 is 15.8 Å². The van der Waals surface area contributed by atoms with Crippen LogP contribution in [-0.4, -0.2) is 56.0 Å². The van der Waals surface area contributed by atoms with Gasteiger partial charge in [0.05, 0.1) is 41.0 Å². The number of hydrogen-bond acceptors (Lipinski definition) is 6. The number of nitrogens with one attached hydrogen (secondary N) is 1. The second-order valence-electron chi connectivity index (χ2n) is 9.68. The van der Waals surface area contributed by atoms with E-state index in [1.165, 1.54) is 6.07 Å². The number of halogens is 1. The summed E-state index contributed by atoms with van der Waals surface area (Å²) in [4.78, 5) is 9.05. The molecule has 1 aliphatic heterocycles. The molecule has 9 heteroatoms. The molecule has 1 aromatic carbocycles. The number of rotatable bonds is 4. The van der Waals surface area contributed by atoms with Crippen LogP contribution in [0.2, 0.25) is 0 Å². The minimum Gasteiger partial charge on any atom is -0.495 e. The fourth-order valence-corrected chi connectivity index (χ4v) is 6.24. The SMILES string of the molecule is C=S1(=O)N(C)C[C@@](C)(c2cc(Cc3nccc4cc(OC)cnc34)ccc2F)NC(N)C1(C)C. The Morgan fingerprint density at radius 1 is 1.29 bits per heavy atom. The number of nitrogens with zero attached hydrogens (tertiary/aromatic N) is 3. The number of likely N-dealkylation sites (N-methyl/N-ethyl adjacent to an activating group) is 1. The minimum absolute atomic E-state index is 0.278. The number of ether oxygens (including phenoxy) is 1. The first-order valence-corrected chi connectivity index (χ1v) is 12.8. The van der Waals surface area contributed by atoms with Crippen molar-refractivity contribution in [2.24, 2.45) is 5.73 Å². The number of hydrogen-bond donors (Lipinski definition) is 2. The van der Waals surface area contributed by atoms with E-state index in [9.17, 15) is 4.21 Å². The number of benzene rings is 1. The number of methoxy groups -OCH3 is 1. The van der Waals surface area contributed by atoms with E-state index in [4.69, 9.17) is 10.5 Å². The van der Waals surface area contributed by atoms with Crippen LogP contribution >= 0.6 is 0 Å². The second-order valence-corrected chi connectivity index (χ2v) is 12.6. The van der Waals surface area contributed by atoms with E-state index in [2.05, 4.69) is 21.2 Å². The molecule has 0 radical (unpaired) electrons. The Morgan fingerprint density at radius 2 is 2.03 bits per heavy atom. The monoisotopic (exact) mass is 485 g/mol. The molecule has 3 heterocycles. The highest BCUT2D eigenvalue weighted by molar-refractivity contribution is 7.99. The zero-order valence-electron chi connectivity index (χ0n) is 20.3. The van der Waals surface area contributed by atoms with Crippen molar-refractivity contribution in [3.63, 3.8) is 0 Å². The summed E-state index contributed by atoms with van der Waals surface area (Å²) in [6, 6.07) is 8.84. The topological polar surface area (TPSA) is 93.4 Å². The molecule has 0 spiro atoms. The summed E-state index contributed by atoms with van der Waals surface area (Å²) in [5.41, 5.74) is 8.46. The predicted octanol–water partition coefficient (Wildman–Crippen LogP) is 2.81. The predicted molar refractivity (Wildman–Crippen MR) is 136 cm³/mol. The van der Waals surface area contributed by atoms with Gasteiger partial charge in [-0.15, -0.1) is 0 Å². The molecule has 0 amide bonds. The molecule has 3 aromatic rings. The molecule has 3 atom stereocenters. The molecule has 0 aliphatic carbocycles. The molecular weight excluding hydrogens is 453 g/mol. The van der Waals surface area contributed by atoms with E-state index in [-0.39, 0.29) is 12.4 Å². The second kappa shape index (κ2) is 8.57. The lowest BCUT2D eigenvalue weighted by atomic mass is 9.88. The Labute approximate surface area is 200 Å². The van der Waals surface area contributed by atoms with Crippen molar-refractivity contribution in [3.05, 3.63) is 65.4 Å². The van der Waals surface area contributed by atoms with Gasteiger partial charge in [-0.25, -0.2) is 8.70 Å². The first-order valence-electron chi connectivity index (χ1n) is 11.1. The van der Waals surface area contributed by atoms with Gasteiger partial charge in [0.2, 0.25) is 0 Å². The Bertz CT molecular complexity index is 1340. The third kappa shape index (κ3) is 4.07. The number of aromatic nitrogens is 2. The Morgan fingerprint density at radius 3 is 2.74 bits per heavy atom. The summed E-state index contributed by atoms with van der Waals surface area (Å²) in [6.45, 7) is 5.81. The molecule has 4 rings (SSSR count). The van der Waals surface area contributed by atoms with Crippen molar-refractivity contribution >= 4 is 26.5 Å². The maximum atomic E-state index is 15.2. The normalized spacial score (nSPS) is 27.4. The molecule has 182 valence electrons. The van der Waals surface area contributed by atoms with Gasteiger partial charge >= 0.3 is 0 Å². The van der Waals surface area contributed by atoms with Crippen LogP contribution in [0.3, 0.4) is 0 Å². The fourth-order valence-electron chi connectivity index (χ4n) is 4.51. The van der Waals surface area contributed by atoms with Crippen molar-refractivity contribution < 1.29 is 13.3 Å². The lowest BCUT2D eigenvalue weighted by molar-refractivity contribution is 0.265. The summed E-state index contributed by atoms with van der Waals surface area (Å²) in [5.74, 6) is 4.30. The quantitative estimate of drug-likeness (QED) is 0.552. The zero-order chi connectivity index (χ0) is 24.9. The van der Waals surface area contributed by atoms with Crippen LogP contribution in [0.5, 0.6) is 5.75 Å². The molecule has 1 aliphatic rings. The molecule has 34 heavy (non-hydrogen) atoms. The molecule has 3 N–H and O–H groups in total. The zero-order valence-corrected chi connectivity index (χ0v) is 21.1. The molecule has 7 nitrogen and oxygen atoms in total. The number of fused-ring (bicyclic) bond motifs is 1. The summed E-state index contributed by atoms with van der Waals surface area (Å²) in [6.07, 6.45) is 3.21. The third-order valence-corrected chi connectivity index (χ3v) is 10.0. The van der Waals surface area contributed by atoms with Gasteiger partial charge in [-0.1, -0.05) is 12.1 Å². The van der Waals surface area contributed by atoms with Crippen LogP contribution in [0, 0.1) is 5.82 Å².